The third-order valence-corrected chi connectivity index (χ3v) is 7.95. The highest BCUT2D eigenvalue weighted by molar-refractivity contribution is 7.90. The third-order valence-electron chi connectivity index (χ3n) is 4.95. The van der Waals surface area contributed by atoms with Gasteiger partial charge in [0.15, 0.2) is 9.84 Å². The summed E-state index contributed by atoms with van der Waals surface area (Å²) in [6.45, 7) is 4.67. The molecule has 1 aliphatic heterocycles. The number of aryl methyl sites for hydroxylation is 2. The molecule has 1 heterocycles. The van der Waals surface area contributed by atoms with E-state index in [0.717, 1.165) is 6.26 Å². The first-order valence-corrected chi connectivity index (χ1v) is 12.6. The van der Waals surface area contributed by atoms with Crippen LogP contribution in [0.5, 0.6) is 0 Å². The van der Waals surface area contributed by atoms with E-state index in [0.29, 0.717) is 30.0 Å². The van der Waals surface area contributed by atoms with E-state index in [1.54, 1.807) is 26.0 Å². The second-order valence-electron chi connectivity index (χ2n) is 7.20. The highest BCUT2D eigenvalue weighted by atomic mass is 32.2. The summed E-state index contributed by atoms with van der Waals surface area (Å²) in [5.74, 6) is -0.512. The Bertz CT molecular complexity index is 1180. The van der Waals surface area contributed by atoms with Crippen molar-refractivity contribution in [2.45, 2.75) is 23.6 Å². The van der Waals surface area contributed by atoms with Gasteiger partial charge in [0.25, 0.3) is 5.91 Å². The van der Waals surface area contributed by atoms with E-state index in [9.17, 15) is 21.6 Å². The van der Waals surface area contributed by atoms with Crippen molar-refractivity contribution >= 4 is 31.5 Å². The Morgan fingerprint density at radius 1 is 0.933 bits per heavy atom. The number of hydrogen-bond donors (Lipinski definition) is 1. The van der Waals surface area contributed by atoms with Crippen LogP contribution in [0.15, 0.2) is 46.2 Å². The largest absolute Gasteiger partial charge is 0.379 e. The van der Waals surface area contributed by atoms with Crippen molar-refractivity contribution < 1.29 is 26.4 Å². The van der Waals surface area contributed by atoms with Crippen LogP contribution in [0.2, 0.25) is 0 Å². The molecule has 10 heteroatoms. The normalized spacial score (nSPS) is 15.7. The molecular formula is C20H24N2O6S2. The lowest BCUT2D eigenvalue weighted by Crippen LogP contribution is -2.40. The molecule has 0 atom stereocenters. The van der Waals surface area contributed by atoms with Crippen LogP contribution in [-0.4, -0.2) is 59.6 Å². The molecule has 162 valence electrons. The Morgan fingerprint density at radius 3 is 2.17 bits per heavy atom. The highest BCUT2D eigenvalue weighted by Gasteiger charge is 2.27. The summed E-state index contributed by atoms with van der Waals surface area (Å²) >= 11 is 0. The Labute approximate surface area is 176 Å². The van der Waals surface area contributed by atoms with E-state index in [4.69, 9.17) is 4.74 Å². The fourth-order valence-electron chi connectivity index (χ4n) is 3.10. The Hall–Kier alpha value is -2.27. The van der Waals surface area contributed by atoms with Gasteiger partial charge in [-0.15, -0.1) is 0 Å². The number of hydrogen-bond acceptors (Lipinski definition) is 6. The van der Waals surface area contributed by atoms with E-state index in [1.165, 1.54) is 28.6 Å². The van der Waals surface area contributed by atoms with Gasteiger partial charge in [-0.2, -0.15) is 4.31 Å². The zero-order valence-corrected chi connectivity index (χ0v) is 18.6. The van der Waals surface area contributed by atoms with Gasteiger partial charge in [0.1, 0.15) is 0 Å². The lowest BCUT2D eigenvalue weighted by molar-refractivity contribution is 0.0730. The van der Waals surface area contributed by atoms with Crippen molar-refractivity contribution in [1.29, 1.82) is 0 Å². The summed E-state index contributed by atoms with van der Waals surface area (Å²) in [7, 11) is -7.18. The Kier molecular flexibility index (Phi) is 6.32. The smallest absolute Gasteiger partial charge is 0.255 e. The first kappa shape index (κ1) is 22.4. The van der Waals surface area contributed by atoms with Crippen LogP contribution >= 0.6 is 0 Å². The molecule has 1 amide bonds. The zero-order valence-electron chi connectivity index (χ0n) is 17.0. The van der Waals surface area contributed by atoms with Gasteiger partial charge in [-0.3, -0.25) is 4.79 Å². The quantitative estimate of drug-likeness (QED) is 0.743. The molecule has 0 radical (unpaired) electrons. The maximum atomic E-state index is 12.9. The standard InChI is InChI=1S/C20H24N2O6S2/c1-14-4-6-16(29(3,24)25)12-18(14)20(23)21-19-13-17(7-5-15(19)2)30(26,27)22-8-10-28-11-9-22/h4-7,12-13H,8-11H2,1-3H3,(H,21,23). The van der Waals surface area contributed by atoms with Crippen molar-refractivity contribution in [2.75, 3.05) is 37.9 Å². The van der Waals surface area contributed by atoms with E-state index in [1.807, 2.05) is 0 Å². The number of rotatable bonds is 5. The van der Waals surface area contributed by atoms with Gasteiger partial charge in [-0.05, 0) is 49.2 Å². The third kappa shape index (κ3) is 4.72. The highest BCUT2D eigenvalue weighted by Crippen LogP contribution is 2.25. The van der Waals surface area contributed by atoms with Gasteiger partial charge in [-0.1, -0.05) is 12.1 Å². The predicted molar refractivity (Wildman–Crippen MR) is 113 cm³/mol. The first-order chi connectivity index (χ1) is 14.0. The minimum absolute atomic E-state index is 0.0404. The summed E-state index contributed by atoms with van der Waals surface area (Å²) in [6.07, 6.45) is 1.07. The average molecular weight is 453 g/mol. The molecule has 0 bridgehead atoms. The average Bonchev–Trinajstić information content (AvgIpc) is 2.69. The number of benzene rings is 2. The lowest BCUT2D eigenvalue weighted by atomic mass is 10.1. The second kappa shape index (κ2) is 8.46. The van der Waals surface area contributed by atoms with Gasteiger partial charge in [0.05, 0.1) is 23.0 Å². The number of amides is 1. The van der Waals surface area contributed by atoms with E-state index in [-0.39, 0.29) is 28.4 Å². The van der Waals surface area contributed by atoms with Crippen LogP contribution < -0.4 is 5.32 Å². The number of carbonyl (C=O) groups is 1. The van der Waals surface area contributed by atoms with Crippen LogP contribution in [0.3, 0.4) is 0 Å². The number of nitrogens with zero attached hydrogens (tertiary/aromatic N) is 1. The first-order valence-electron chi connectivity index (χ1n) is 9.31. The SMILES string of the molecule is Cc1ccc(S(=O)(=O)N2CCOCC2)cc1NC(=O)c1cc(S(C)(=O)=O)ccc1C. The summed E-state index contributed by atoms with van der Waals surface area (Å²) < 4.78 is 56.0. The lowest BCUT2D eigenvalue weighted by Gasteiger charge is -2.26. The van der Waals surface area contributed by atoms with Crippen LogP contribution in [0.1, 0.15) is 21.5 Å². The predicted octanol–water partition coefficient (Wildman–Crippen LogP) is 1.98. The molecule has 0 aromatic heterocycles. The fourth-order valence-corrected chi connectivity index (χ4v) is 5.18. The van der Waals surface area contributed by atoms with Crippen LogP contribution in [0, 0.1) is 13.8 Å². The molecule has 0 saturated carbocycles. The summed E-state index contributed by atoms with van der Waals surface area (Å²) in [6, 6.07) is 8.89. The van der Waals surface area contributed by atoms with E-state index in [2.05, 4.69) is 5.32 Å². The summed E-state index contributed by atoms with van der Waals surface area (Å²) in [5.41, 5.74) is 1.84. The number of nitrogens with one attached hydrogen (secondary N) is 1. The molecule has 1 saturated heterocycles. The number of morpholine rings is 1. The molecular weight excluding hydrogens is 428 g/mol. The van der Waals surface area contributed by atoms with Crippen molar-refractivity contribution in [2.24, 2.45) is 0 Å². The van der Waals surface area contributed by atoms with Crippen molar-refractivity contribution in [3.05, 3.63) is 53.1 Å². The van der Waals surface area contributed by atoms with E-state index >= 15 is 0 Å². The topological polar surface area (TPSA) is 110 Å². The molecule has 0 unspecified atom stereocenters. The number of anilines is 1. The van der Waals surface area contributed by atoms with Crippen LogP contribution in [0.4, 0.5) is 5.69 Å². The minimum Gasteiger partial charge on any atom is -0.379 e. The van der Waals surface area contributed by atoms with Crippen LogP contribution in [-0.2, 0) is 24.6 Å². The minimum atomic E-state index is -3.71. The second-order valence-corrected chi connectivity index (χ2v) is 11.1. The van der Waals surface area contributed by atoms with Gasteiger partial charge in [0, 0.05) is 30.6 Å². The Morgan fingerprint density at radius 2 is 1.53 bits per heavy atom. The van der Waals surface area contributed by atoms with Crippen molar-refractivity contribution in [3.8, 4) is 0 Å². The summed E-state index contributed by atoms with van der Waals surface area (Å²) in [4.78, 5) is 13.0. The molecule has 2 aromatic rings. The maximum absolute atomic E-state index is 12.9. The van der Waals surface area contributed by atoms with Gasteiger partial charge in [-0.25, -0.2) is 16.8 Å². The molecule has 0 spiro atoms. The van der Waals surface area contributed by atoms with Crippen molar-refractivity contribution in [3.63, 3.8) is 0 Å². The van der Waals surface area contributed by atoms with E-state index < -0.39 is 25.8 Å². The van der Waals surface area contributed by atoms with Gasteiger partial charge < -0.3 is 10.1 Å². The molecule has 1 fully saturated rings. The number of ether oxygens (including phenoxy) is 1. The molecule has 3 rings (SSSR count). The van der Waals surface area contributed by atoms with Gasteiger partial charge >= 0.3 is 0 Å². The van der Waals surface area contributed by atoms with Crippen LogP contribution in [0.25, 0.3) is 0 Å². The number of carbonyl (C=O) groups excluding carboxylic acids is 1. The fraction of sp³-hybridized carbons (Fsp3) is 0.350. The number of sulfone groups is 1. The zero-order chi connectivity index (χ0) is 22.1. The molecule has 2 aromatic carbocycles. The Balaban J connectivity index is 1.92. The molecule has 30 heavy (non-hydrogen) atoms. The molecule has 1 aliphatic rings. The monoisotopic (exact) mass is 452 g/mol. The maximum Gasteiger partial charge on any atom is 0.255 e. The molecule has 8 nitrogen and oxygen atoms in total. The van der Waals surface area contributed by atoms with Gasteiger partial charge in [0.2, 0.25) is 10.0 Å². The summed E-state index contributed by atoms with van der Waals surface area (Å²) in [5, 5.41) is 2.72. The van der Waals surface area contributed by atoms with Crippen molar-refractivity contribution in [1.82, 2.24) is 4.31 Å². The number of sulfonamides is 1. The molecule has 0 aliphatic carbocycles. The molecule has 1 N–H and O–H groups in total.